The van der Waals surface area contributed by atoms with Crippen molar-refractivity contribution in [1.82, 2.24) is 4.98 Å². The van der Waals surface area contributed by atoms with Crippen LogP contribution >= 0.6 is 11.6 Å². The molecule has 1 aromatic heterocycles. The number of anilines is 1. The largest absolute Gasteiger partial charge is 0.308 e. The number of nitrogens with one attached hydrogen (secondary N) is 1. The second kappa shape index (κ2) is 4.41. The lowest BCUT2D eigenvalue weighted by Crippen LogP contribution is -2.19. The first-order chi connectivity index (χ1) is 8.34. The van der Waals surface area contributed by atoms with Gasteiger partial charge in [0, 0.05) is 16.0 Å². The third kappa shape index (κ3) is 2.16. The molecule has 96 valence electrons. The molecule has 0 radical (unpaired) electrons. The highest BCUT2D eigenvalue weighted by Crippen LogP contribution is 2.34. The summed E-state index contributed by atoms with van der Waals surface area (Å²) in [5, 5.41) is 1.69. The van der Waals surface area contributed by atoms with Gasteiger partial charge in [-0.1, -0.05) is 38.4 Å². The average Bonchev–Trinajstić information content (AvgIpc) is 2.31. The topological polar surface area (TPSA) is 50.9 Å². The molecular formula is C14H18ClN3. The minimum atomic E-state index is -0.0457. The van der Waals surface area contributed by atoms with Gasteiger partial charge in [-0.15, -0.1) is 0 Å². The van der Waals surface area contributed by atoms with Gasteiger partial charge in [-0.2, -0.15) is 0 Å². The molecule has 0 unspecified atom stereocenters. The van der Waals surface area contributed by atoms with E-state index < -0.39 is 0 Å². The van der Waals surface area contributed by atoms with Crippen molar-refractivity contribution in [3.8, 4) is 0 Å². The molecule has 4 heteroatoms. The molecule has 3 N–H and O–H groups in total. The lowest BCUT2D eigenvalue weighted by Gasteiger charge is -2.23. The van der Waals surface area contributed by atoms with Gasteiger partial charge in [-0.25, -0.2) is 10.8 Å². The zero-order chi connectivity index (χ0) is 13.5. The molecule has 0 aliphatic rings. The smallest absolute Gasteiger partial charge is 0.144 e. The molecule has 0 spiro atoms. The van der Waals surface area contributed by atoms with Crippen LogP contribution in [0.5, 0.6) is 0 Å². The quantitative estimate of drug-likeness (QED) is 0.608. The van der Waals surface area contributed by atoms with Gasteiger partial charge in [-0.05, 0) is 30.0 Å². The number of hydrogen-bond acceptors (Lipinski definition) is 3. The van der Waals surface area contributed by atoms with Crippen LogP contribution in [0.25, 0.3) is 10.9 Å². The van der Waals surface area contributed by atoms with Crippen LogP contribution in [0.4, 0.5) is 5.82 Å². The zero-order valence-electron chi connectivity index (χ0n) is 11.1. The number of hydrogen-bond donors (Lipinski definition) is 2. The Morgan fingerprint density at radius 3 is 2.50 bits per heavy atom. The number of nitrogens with zero attached hydrogens (tertiary/aromatic N) is 1. The average molecular weight is 264 g/mol. The van der Waals surface area contributed by atoms with E-state index in [1.807, 2.05) is 19.1 Å². The van der Waals surface area contributed by atoms with E-state index in [1.165, 1.54) is 0 Å². The number of fused-ring (bicyclic) bond motifs is 1. The van der Waals surface area contributed by atoms with Crippen LogP contribution < -0.4 is 11.3 Å². The fraction of sp³-hybridized carbons (Fsp3) is 0.357. The van der Waals surface area contributed by atoms with Crippen molar-refractivity contribution in [2.24, 2.45) is 5.84 Å². The van der Waals surface area contributed by atoms with Crippen LogP contribution in [0.1, 0.15) is 31.9 Å². The molecule has 0 saturated heterocycles. The van der Waals surface area contributed by atoms with E-state index in [9.17, 15) is 0 Å². The summed E-state index contributed by atoms with van der Waals surface area (Å²) in [4.78, 5) is 4.60. The number of benzene rings is 1. The van der Waals surface area contributed by atoms with Crippen LogP contribution in [0.2, 0.25) is 5.02 Å². The molecule has 3 nitrogen and oxygen atoms in total. The van der Waals surface area contributed by atoms with E-state index >= 15 is 0 Å². The molecule has 0 amide bonds. The van der Waals surface area contributed by atoms with Crippen molar-refractivity contribution >= 4 is 28.3 Å². The first-order valence-electron chi connectivity index (χ1n) is 5.91. The predicted octanol–water partition coefficient (Wildman–Crippen LogP) is 3.78. The number of aromatic nitrogens is 1. The summed E-state index contributed by atoms with van der Waals surface area (Å²) in [6.07, 6.45) is 0. The maximum Gasteiger partial charge on any atom is 0.144 e. The van der Waals surface area contributed by atoms with Crippen molar-refractivity contribution in [3.05, 3.63) is 34.3 Å². The fourth-order valence-corrected chi connectivity index (χ4v) is 2.25. The number of aryl methyl sites for hydroxylation is 1. The predicted molar refractivity (Wildman–Crippen MR) is 78.0 cm³/mol. The van der Waals surface area contributed by atoms with Crippen LogP contribution in [0.15, 0.2) is 18.2 Å². The highest BCUT2D eigenvalue weighted by molar-refractivity contribution is 6.35. The molecule has 1 heterocycles. The van der Waals surface area contributed by atoms with E-state index in [-0.39, 0.29) is 5.41 Å². The number of halogens is 1. The highest BCUT2D eigenvalue weighted by atomic mass is 35.5. The first kappa shape index (κ1) is 13.1. The van der Waals surface area contributed by atoms with Crippen molar-refractivity contribution in [3.63, 3.8) is 0 Å². The molecule has 0 fully saturated rings. The SMILES string of the molecule is Cc1ccc(Cl)c2cc(C(C)(C)C)c(NN)nc12. The van der Waals surface area contributed by atoms with Gasteiger partial charge in [0.25, 0.3) is 0 Å². The molecule has 0 aliphatic carbocycles. The summed E-state index contributed by atoms with van der Waals surface area (Å²) in [7, 11) is 0. The number of pyridine rings is 1. The van der Waals surface area contributed by atoms with E-state index in [1.54, 1.807) is 0 Å². The molecular weight excluding hydrogens is 246 g/mol. The summed E-state index contributed by atoms with van der Waals surface area (Å²) >= 11 is 6.25. The Morgan fingerprint density at radius 2 is 1.94 bits per heavy atom. The lowest BCUT2D eigenvalue weighted by molar-refractivity contribution is 0.590. The molecule has 0 aliphatic heterocycles. The van der Waals surface area contributed by atoms with E-state index in [2.05, 4.69) is 37.2 Å². The number of hydrazine groups is 1. The zero-order valence-corrected chi connectivity index (χ0v) is 11.9. The summed E-state index contributed by atoms with van der Waals surface area (Å²) in [5.41, 5.74) is 5.68. The molecule has 2 rings (SSSR count). The fourth-order valence-electron chi connectivity index (χ4n) is 2.04. The number of nitrogen functional groups attached to an aromatic ring is 1. The van der Waals surface area contributed by atoms with Gasteiger partial charge in [0.2, 0.25) is 0 Å². The Bertz CT molecular complexity index is 600. The maximum atomic E-state index is 6.25. The Balaban J connectivity index is 2.86. The van der Waals surface area contributed by atoms with Gasteiger partial charge in [0.05, 0.1) is 5.52 Å². The maximum absolute atomic E-state index is 6.25. The van der Waals surface area contributed by atoms with Crippen LogP contribution in [0.3, 0.4) is 0 Å². The van der Waals surface area contributed by atoms with Crippen molar-refractivity contribution in [1.29, 1.82) is 0 Å². The van der Waals surface area contributed by atoms with Crippen molar-refractivity contribution in [2.45, 2.75) is 33.1 Å². The Hall–Kier alpha value is -1.32. The highest BCUT2D eigenvalue weighted by Gasteiger charge is 2.20. The Labute approximate surface area is 112 Å². The van der Waals surface area contributed by atoms with Crippen molar-refractivity contribution < 1.29 is 0 Å². The van der Waals surface area contributed by atoms with Gasteiger partial charge < -0.3 is 5.43 Å². The standard InChI is InChI=1S/C14H18ClN3/c1-8-5-6-11(15)9-7-10(14(2,3)4)13(18-16)17-12(8)9/h5-7H,16H2,1-4H3,(H,17,18). The second-order valence-corrected chi connectivity index (χ2v) is 5.95. The summed E-state index contributed by atoms with van der Waals surface area (Å²) in [6.45, 7) is 8.39. The monoisotopic (exact) mass is 263 g/mol. The van der Waals surface area contributed by atoms with E-state index in [0.717, 1.165) is 27.1 Å². The summed E-state index contributed by atoms with van der Waals surface area (Å²) in [6, 6.07) is 5.95. The molecule has 18 heavy (non-hydrogen) atoms. The van der Waals surface area contributed by atoms with Crippen LogP contribution in [0, 0.1) is 6.92 Å². The molecule has 0 saturated carbocycles. The van der Waals surface area contributed by atoms with Gasteiger partial charge in [0.15, 0.2) is 0 Å². The van der Waals surface area contributed by atoms with Gasteiger partial charge in [-0.3, -0.25) is 0 Å². The third-order valence-electron chi connectivity index (χ3n) is 3.08. The van der Waals surface area contributed by atoms with Crippen molar-refractivity contribution in [2.75, 3.05) is 5.43 Å². The molecule has 0 bridgehead atoms. The Morgan fingerprint density at radius 1 is 1.28 bits per heavy atom. The van der Waals surface area contributed by atoms with Crippen LogP contribution in [-0.2, 0) is 5.41 Å². The second-order valence-electron chi connectivity index (χ2n) is 5.54. The normalized spacial score (nSPS) is 11.9. The van der Waals surface area contributed by atoms with Gasteiger partial charge >= 0.3 is 0 Å². The van der Waals surface area contributed by atoms with E-state index in [4.69, 9.17) is 17.4 Å². The number of rotatable bonds is 1. The minimum absolute atomic E-state index is 0.0457. The summed E-state index contributed by atoms with van der Waals surface area (Å²) in [5.74, 6) is 6.29. The van der Waals surface area contributed by atoms with E-state index in [0.29, 0.717) is 5.82 Å². The Kier molecular flexibility index (Phi) is 3.21. The first-order valence-corrected chi connectivity index (χ1v) is 6.29. The summed E-state index contributed by atoms with van der Waals surface area (Å²) < 4.78 is 0. The third-order valence-corrected chi connectivity index (χ3v) is 3.41. The number of nitrogens with two attached hydrogens (primary N) is 1. The molecule has 0 atom stereocenters. The molecule has 2 aromatic rings. The lowest BCUT2D eigenvalue weighted by atomic mass is 9.86. The molecule has 1 aromatic carbocycles. The minimum Gasteiger partial charge on any atom is -0.308 e. The van der Waals surface area contributed by atoms with Crippen LogP contribution in [-0.4, -0.2) is 4.98 Å². The van der Waals surface area contributed by atoms with Gasteiger partial charge in [0.1, 0.15) is 5.82 Å².